The van der Waals surface area contributed by atoms with E-state index in [2.05, 4.69) is 30.2 Å². The van der Waals surface area contributed by atoms with Crippen LogP contribution in [0.15, 0.2) is 36.5 Å². The molecule has 1 aliphatic rings. The summed E-state index contributed by atoms with van der Waals surface area (Å²) in [6, 6.07) is 10.0. The summed E-state index contributed by atoms with van der Waals surface area (Å²) in [5.74, 6) is 3.01. The Morgan fingerprint density at radius 1 is 1.20 bits per heavy atom. The molecule has 1 aromatic heterocycles. The Morgan fingerprint density at radius 2 is 2.10 bits per heavy atom. The smallest absolute Gasteiger partial charge is 0.231 e. The Morgan fingerprint density at radius 3 is 2.85 bits per heavy atom. The second-order valence-electron chi connectivity index (χ2n) is 5.14. The molecule has 0 fully saturated rings. The van der Waals surface area contributed by atoms with E-state index >= 15 is 0 Å². The number of para-hydroxylation sites is 1. The van der Waals surface area contributed by atoms with E-state index in [-0.39, 0.29) is 0 Å². The van der Waals surface area contributed by atoms with Gasteiger partial charge < -0.3 is 14.8 Å². The molecule has 0 spiro atoms. The Balaban J connectivity index is 1.69. The van der Waals surface area contributed by atoms with Gasteiger partial charge >= 0.3 is 0 Å². The molecule has 0 saturated carbocycles. The largest absolute Gasteiger partial charge is 0.454 e. The van der Waals surface area contributed by atoms with Crippen molar-refractivity contribution in [3.05, 3.63) is 47.7 Å². The molecule has 0 radical (unpaired) electrons. The lowest BCUT2D eigenvalue weighted by Crippen LogP contribution is -2.03. The minimum absolute atomic E-state index is 0.299. The fraction of sp³-hybridized carbons (Fsp3) is 0.312. The minimum Gasteiger partial charge on any atom is -0.454 e. The van der Waals surface area contributed by atoms with Gasteiger partial charge in [0.05, 0.1) is 0 Å². The van der Waals surface area contributed by atoms with Crippen LogP contribution >= 0.6 is 0 Å². The molecule has 2 heterocycles. The van der Waals surface area contributed by atoms with E-state index in [1.54, 1.807) is 0 Å². The van der Waals surface area contributed by atoms with Crippen molar-refractivity contribution in [3.63, 3.8) is 0 Å². The lowest BCUT2D eigenvalue weighted by molar-refractivity contribution is 0.173. The van der Waals surface area contributed by atoms with Crippen LogP contribution in [0.2, 0.25) is 0 Å². The maximum atomic E-state index is 5.49. The zero-order valence-electron chi connectivity index (χ0n) is 11.7. The first kappa shape index (κ1) is 12.8. The summed E-state index contributed by atoms with van der Waals surface area (Å²) in [5, 5.41) is 3.31. The Kier molecular flexibility index (Phi) is 3.46. The summed E-state index contributed by atoms with van der Waals surface area (Å²) < 4.78 is 10.9. The molecule has 0 saturated heterocycles. The zero-order valence-corrected chi connectivity index (χ0v) is 11.7. The van der Waals surface area contributed by atoms with Crippen LogP contribution in [0.25, 0.3) is 0 Å². The van der Waals surface area contributed by atoms with Gasteiger partial charge in [0.15, 0.2) is 11.5 Å². The SMILES string of the molecule is CC(C)c1ccc(NCc2cccc3c2OCO3)nc1. The van der Waals surface area contributed by atoms with Crippen LogP contribution in [0.4, 0.5) is 5.82 Å². The third-order valence-electron chi connectivity index (χ3n) is 3.39. The lowest BCUT2D eigenvalue weighted by atomic mass is 10.1. The van der Waals surface area contributed by atoms with Crippen LogP contribution in [0.1, 0.15) is 30.9 Å². The molecule has 1 aliphatic heterocycles. The van der Waals surface area contributed by atoms with Crippen LogP contribution in [0.5, 0.6) is 11.5 Å². The molecule has 4 nitrogen and oxygen atoms in total. The van der Waals surface area contributed by atoms with Crippen molar-refractivity contribution in [2.75, 3.05) is 12.1 Å². The number of hydrogen-bond acceptors (Lipinski definition) is 4. The second kappa shape index (κ2) is 5.41. The number of anilines is 1. The van der Waals surface area contributed by atoms with Crippen molar-refractivity contribution in [1.29, 1.82) is 0 Å². The van der Waals surface area contributed by atoms with Gasteiger partial charge in [-0.05, 0) is 23.6 Å². The first-order valence-corrected chi connectivity index (χ1v) is 6.81. The summed E-state index contributed by atoms with van der Waals surface area (Å²) in [5.41, 5.74) is 2.32. The maximum Gasteiger partial charge on any atom is 0.231 e. The maximum absolute atomic E-state index is 5.49. The van der Waals surface area contributed by atoms with E-state index in [9.17, 15) is 0 Å². The highest BCUT2D eigenvalue weighted by Crippen LogP contribution is 2.35. The van der Waals surface area contributed by atoms with Crippen molar-refractivity contribution in [3.8, 4) is 11.5 Å². The van der Waals surface area contributed by atoms with Crippen molar-refractivity contribution in [2.45, 2.75) is 26.3 Å². The highest BCUT2D eigenvalue weighted by Gasteiger charge is 2.16. The fourth-order valence-electron chi connectivity index (χ4n) is 2.17. The van der Waals surface area contributed by atoms with Crippen molar-refractivity contribution in [1.82, 2.24) is 4.98 Å². The average molecular weight is 270 g/mol. The van der Waals surface area contributed by atoms with E-state index in [1.165, 1.54) is 5.56 Å². The third kappa shape index (κ3) is 2.54. The standard InChI is InChI=1S/C16H18N2O2/c1-11(2)12-6-7-15(17-8-12)18-9-13-4-3-5-14-16(13)20-10-19-14/h3-8,11H,9-10H2,1-2H3,(H,17,18). The van der Waals surface area contributed by atoms with Crippen molar-refractivity contribution >= 4 is 5.82 Å². The molecule has 0 aliphatic carbocycles. The molecule has 104 valence electrons. The van der Waals surface area contributed by atoms with Gasteiger partial charge in [0.2, 0.25) is 6.79 Å². The third-order valence-corrected chi connectivity index (χ3v) is 3.39. The predicted molar refractivity (Wildman–Crippen MR) is 78.2 cm³/mol. The molecular formula is C16H18N2O2. The van der Waals surface area contributed by atoms with Crippen LogP contribution in [0.3, 0.4) is 0 Å². The van der Waals surface area contributed by atoms with Gasteiger partial charge in [0, 0.05) is 18.3 Å². The van der Waals surface area contributed by atoms with Crippen LogP contribution in [0, 0.1) is 0 Å². The molecule has 0 atom stereocenters. The first-order chi connectivity index (χ1) is 9.74. The van der Waals surface area contributed by atoms with Gasteiger partial charge in [-0.1, -0.05) is 32.0 Å². The van der Waals surface area contributed by atoms with Gasteiger partial charge in [0.1, 0.15) is 5.82 Å². The monoisotopic (exact) mass is 270 g/mol. The van der Waals surface area contributed by atoms with Gasteiger partial charge in [0.25, 0.3) is 0 Å². The minimum atomic E-state index is 0.299. The fourth-order valence-corrected chi connectivity index (χ4v) is 2.17. The number of ether oxygens (including phenoxy) is 2. The zero-order chi connectivity index (χ0) is 13.9. The highest BCUT2D eigenvalue weighted by molar-refractivity contribution is 5.49. The Bertz CT molecular complexity index is 594. The van der Waals surface area contributed by atoms with Gasteiger partial charge in [-0.15, -0.1) is 0 Å². The number of hydrogen-bond donors (Lipinski definition) is 1. The normalized spacial score (nSPS) is 12.8. The van der Waals surface area contributed by atoms with Crippen LogP contribution in [-0.2, 0) is 6.54 Å². The number of pyridine rings is 1. The Hall–Kier alpha value is -2.23. The summed E-state index contributed by atoms with van der Waals surface area (Å²) in [6.45, 7) is 5.29. The molecule has 2 aromatic rings. The van der Waals surface area contributed by atoms with Gasteiger partial charge in [-0.25, -0.2) is 4.98 Å². The van der Waals surface area contributed by atoms with Crippen LogP contribution in [-0.4, -0.2) is 11.8 Å². The quantitative estimate of drug-likeness (QED) is 0.922. The van der Waals surface area contributed by atoms with Crippen molar-refractivity contribution < 1.29 is 9.47 Å². The molecule has 0 bridgehead atoms. The predicted octanol–water partition coefficient (Wildman–Crippen LogP) is 3.55. The first-order valence-electron chi connectivity index (χ1n) is 6.81. The van der Waals surface area contributed by atoms with E-state index in [0.717, 1.165) is 22.9 Å². The lowest BCUT2D eigenvalue weighted by Gasteiger charge is -2.09. The number of nitrogens with zero attached hydrogens (tertiary/aromatic N) is 1. The number of fused-ring (bicyclic) bond motifs is 1. The summed E-state index contributed by atoms with van der Waals surface area (Å²) >= 11 is 0. The number of aromatic nitrogens is 1. The molecule has 1 aromatic carbocycles. The van der Waals surface area contributed by atoms with E-state index in [0.29, 0.717) is 19.3 Å². The number of nitrogens with one attached hydrogen (secondary N) is 1. The molecular weight excluding hydrogens is 252 g/mol. The molecule has 20 heavy (non-hydrogen) atoms. The molecule has 4 heteroatoms. The summed E-state index contributed by atoms with van der Waals surface area (Å²) in [4.78, 5) is 4.43. The molecule has 3 rings (SSSR count). The summed E-state index contributed by atoms with van der Waals surface area (Å²) in [6.07, 6.45) is 1.92. The molecule has 1 N–H and O–H groups in total. The van der Waals surface area contributed by atoms with Gasteiger partial charge in [-0.2, -0.15) is 0 Å². The molecule has 0 unspecified atom stereocenters. The number of rotatable bonds is 4. The number of benzene rings is 1. The van der Waals surface area contributed by atoms with E-state index in [1.807, 2.05) is 30.5 Å². The van der Waals surface area contributed by atoms with Gasteiger partial charge in [-0.3, -0.25) is 0 Å². The average Bonchev–Trinajstić information content (AvgIpc) is 2.94. The Labute approximate surface area is 118 Å². The van der Waals surface area contributed by atoms with Crippen LogP contribution < -0.4 is 14.8 Å². The second-order valence-corrected chi connectivity index (χ2v) is 5.14. The summed E-state index contributed by atoms with van der Waals surface area (Å²) in [7, 11) is 0. The van der Waals surface area contributed by atoms with E-state index < -0.39 is 0 Å². The van der Waals surface area contributed by atoms with Crippen molar-refractivity contribution in [2.24, 2.45) is 0 Å². The van der Waals surface area contributed by atoms with E-state index in [4.69, 9.17) is 9.47 Å². The topological polar surface area (TPSA) is 43.4 Å². The molecule has 0 amide bonds. The highest BCUT2D eigenvalue weighted by atomic mass is 16.7.